The summed E-state index contributed by atoms with van der Waals surface area (Å²) in [5, 5.41) is 5.86. The van der Waals surface area contributed by atoms with E-state index in [1.807, 2.05) is 0 Å². The van der Waals surface area contributed by atoms with Crippen LogP contribution in [-0.2, 0) is 0 Å². The van der Waals surface area contributed by atoms with Gasteiger partial charge in [0.1, 0.15) is 0 Å². The van der Waals surface area contributed by atoms with Gasteiger partial charge in [-0.05, 0) is 31.1 Å². The standard InChI is InChI=1S/C11H22N2O/c1-4-7-12-10(14)13-9-5-6-11(2,3)8-9/h9H,4-8H2,1-3H3,(H2,12,13,14). The Kier molecular flexibility index (Phi) is 3.78. The Bertz CT molecular complexity index is 201. The zero-order chi connectivity index (χ0) is 10.6. The van der Waals surface area contributed by atoms with Crippen molar-refractivity contribution in [3.63, 3.8) is 0 Å². The number of urea groups is 1. The Morgan fingerprint density at radius 1 is 1.50 bits per heavy atom. The van der Waals surface area contributed by atoms with Crippen LogP contribution < -0.4 is 10.6 Å². The first-order chi connectivity index (χ1) is 6.53. The van der Waals surface area contributed by atoms with E-state index < -0.39 is 0 Å². The quantitative estimate of drug-likeness (QED) is 0.717. The fraction of sp³-hybridized carbons (Fsp3) is 0.909. The third-order valence-corrected chi connectivity index (χ3v) is 2.84. The molecule has 0 aliphatic heterocycles. The van der Waals surface area contributed by atoms with E-state index in [1.54, 1.807) is 0 Å². The number of hydrogen-bond acceptors (Lipinski definition) is 1. The van der Waals surface area contributed by atoms with Crippen LogP contribution in [-0.4, -0.2) is 18.6 Å². The van der Waals surface area contributed by atoms with Crippen molar-refractivity contribution in [2.75, 3.05) is 6.54 Å². The van der Waals surface area contributed by atoms with Crippen LogP contribution in [0.1, 0.15) is 46.5 Å². The van der Waals surface area contributed by atoms with Gasteiger partial charge >= 0.3 is 6.03 Å². The second-order valence-electron chi connectivity index (χ2n) is 5.00. The second kappa shape index (κ2) is 4.67. The predicted molar refractivity (Wildman–Crippen MR) is 58.2 cm³/mol. The fourth-order valence-electron chi connectivity index (χ4n) is 2.03. The molecule has 0 saturated heterocycles. The lowest BCUT2D eigenvalue weighted by Gasteiger charge is -2.17. The number of rotatable bonds is 3. The molecule has 1 aliphatic carbocycles. The van der Waals surface area contributed by atoms with E-state index in [0.29, 0.717) is 11.5 Å². The van der Waals surface area contributed by atoms with Gasteiger partial charge < -0.3 is 10.6 Å². The molecule has 1 unspecified atom stereocenters. The van der Waals surface area contributed by atoms with Gasteiger partial charge in [-0.3, -0.25) is 0 Å². The van der Waals surface area contributed by atoms with Gasteiger partial charge in [0.2, 0.25) is 0 Å². The van der Waals surface area contributed by atoms with Crippen molar-refractivity contribution in [2.45, 2.75) is 52.5 Å². The number of amides is 2. The number of hydrogen-bond donors (Lipinski definition) is 2. The van der Waals surface area contributed by atoms with Crippen LogP contribution in [0.5, 0.6) is 0 Å². The largest absolute Gasteiger partial charge is 0.338 e. The van der Waals surface area contributed by atoms with Gasteiger partial charge in [-0.15, -0.1) is 0 Å². The molecule has 1 aliphatic rings. The highest BCUT2D eigenvalue weighted by molar-refractivity contribution is 5.74. The lowest BCUT2D eigenvalue weighted by atomic mass is 9.92. The van der Waals surface area contributed by atoms with Crippen LogP contribution in [0.15, 0.2) is 0 Å². The molecule has 1 atom stereocenters. The number of carbonyl (C=O) groups excluding carboxylic acids is 1. The van der Waals surface area contributed by atoms with E-state index in [-0.39, 0.29) is 6.03 Å². The Hall–Kier alpha value is -0.730. The monoisotopic (exact) mass is 198 g/mol. The SMILES string of the molecule is CCCNC(=O)NC1CCC(C)(C)C1. The van der Waals surface area contributed by atoms with Crippen LogP contribution in [0.2, 0.25) is 0 Å². The van der Waals surface area contributed by atoms with Crippen molar-refractivity contribution in [3.8, 4) is 0 Å². The predicted octanol–water partition coefficient (Wildman–Crippen LogP) is 2.27. The Morgan fingerprint density at radius 3 is 2.71 bits per heavy atom. The molecular weight excluding hydrogens is 176 g/mol. The fourth-order valence-corrected chi connectivity index (χ4v) is 2.03. The molecule has 0 aromatic carbocycles. The van der Waals surface area contributed by atoms with E-state index in [9.17, 15) is 4.79 Å². The zero-order valence-electron chi connectivity index (χ0n) is 9.52. The van der Waals surface area contributed by atoms with Crippen LogP contribution in [0.25, 0.3) is 0 Å². The highest BCUT2D eigenvalue weighted by Crippen LogP contribution is 2.36. The van der Waals surface area contributed by atoms with Gasteiger partial charge in [0.05, 0.1) is 0 Å². The molecule has 3 heteroatoms. The average molecular weight is 198 g/mol. The van der Waals surface area contributed by atoms with Crippen molar-refractivity contribution in [1.82, 2.24) is 10.6 Å². The number of nitrogens with one attached hydrogen (secondary N) is 2. The first kappa shape index (κ1) is 11.3. The Morgan fingerprint density at radius 2 is 2.21 bits per heavy atom. The van der Waals surface area contributed by atoms with Crippen LogP contribution >= 0.6 is 0 Å². The molecule has 0 heterocycles. The van der Waals surface area contributed by atoms with Crippen LogP contribution in [0, 0.1) is 5.41 Å². The van der Waals surface area contributed by atoms with E-state index in [4.69, 9.17) is 0 Å². The molecule has 14 heavy (non-hydrogen) atoms. The summed E-state index contributed by atoms with van der Waals surface area (Å²) in [6, 6.07) is 0.372. The maximum absolute atomic E-state index is 11.3. The van der Waals surface area contributed by atoms with Gasteiger partial charge in [-0.25, -0.2) is 4.79 Å². The van der Waals surface area contributed by atoms with E-state index in [2.05, 4.69) is 31.4 Å². The molecule has 0 spiro atoms. The first-order valence-electron chi connectivity index (χ1n) is 5.58. The molecule has 0 bridgehead atoms. The normalized spacial score (nSPS) is 24.6. The minimum absolute atomic E-state index is 0.00505. The summed E-state index contributed by atoms with van der Waals surface area (Å²) in [4.78, 5) is 11.3. The van der Waals surface area contributed by atoms with Crippen molar-refractivity contribution in [2.24, 2.45) is 5.41 Å². The first-order valence-corrected chi connectivity index (χ1v) is 5.58. The maximum Gasteiger partial charge on any atom is 0.315 e. The van der Waals surface area contributed by atoms with Crippen molar-refractivity contribution < 1.29 is 4.79 Å². The molecule has 2 amide bonds. The summed E-state index contributed by atoms with van der Waals surface area (Å²) in [7, 11) is 0. The Balaban J connectivity index is 2.22. The lowest BCUT2D eigenvalue weighted by molar-refractivity contribution is 0.236. The van der Waals surface area contributed by atoms with Gasteiger partial charge in [0, 0.05) is 12.6 Å². The highest BCUT2D eigenvalue weighted by Gasteiger charge is 2.31. The molecule has 2 N–H and O–H groups in total. The molecule has 1 fully saturated rings. The van der Waals surface area contributed by atoms with E-state index in [1.165, 1.54) is 6.42 Å². The molecule has 1 rings (SSSR count). The summed E-state index contributed by atoms with van der Waals surface area (Å²) in [5.74, 6) is 0. The summed E-state index contributed by atoms with van der Waals surface area (Å²) in [5.41, 5.74) is 0.405. The lowest BCUT2D eigenvalue weighted by Crippen LogP contribution is -2.41. The van der Waals surface area contributed by atoms with Crippen molar-refractivity contribution in [3.05, 3.63) is 0 Å². The summed E-state index contributed by atoms with van der Waals surface area (Å²) >= 11 is 0. The van der Waals surface area contributed by atoms with Crippen LogP contribution in [0.3, 0.4) is 0 Å². The van der Waals surface area contributed by atoms with Gasteiger partial charge in [-0.2, -0.15) is 0 Å². The molecular formula is C11H22N2O. The minimum atomic E-state index is -0.00505. The molecule has 1 saturated carbocycles. The second-order valence-corrected chi connectivity index (χ2v) is 5.00. The van der Waals surface area contributed by atoms with Gasteiger partial charge in [0.25, 0.3) is 0 Å². The molecule has 0 radical (unpaired) electrons. The molecule has 82 valence electrons. The van der Waals surface area contributed by atoms with Crippen molar-refractivity contribution >= 4 is 6.03 Å². The third-order valence-electron chi connectivity index (χ3n) is 2.84. The average Bonchev–Trinajstić information content (AvgIpc) is 2.42. The number of carbonyl (C=O) groups is 1. The maximum atomic E-state index is 11.3. The van der Waals surface area contributed by atoms with Gasteiger partial charge in [-0.1, -0.05) is 20.8 Å². The molecule has 0 aromatic heterocycles. The van der Waals surface area contributed by atoms with Gasteiger partial charge in [0.15, 0.2) is 0 Å². The molecule has 0 aromatic rings. The topological polar surface area (TPSA) is 41.1 Å². The summed E-state index contributed by atoms with van der Waals surface area (Å²) < 4.78 is 0. The summed E-state index contributed by atoms with van der Waals surface area (Å²) in [6.45, 7) is 7.35. The van der Waals surface area contributed by atoms with E-state index in [0.717, 1.165) is 25.8 Å². The smallest absolute Gasteiger partial charge is 0.315 e. The van der Waals surface area contributed by atoms with Crippen molar-refractivity contribution in [1.29, 1.82) is 0 Å². The summed E-state index contributed by atoms with van der Waals surface area (Å²) in [6.07, 6.45) is 4.42. The molecule has 3 nitrogen and oxygen atoms in total. The third kappa shape index (κ3) is 3.56. The minimum Gasteiger partial charge on any atom is -0.338 e. The van der Waals surface area contributed by atoms with E-state index >= 15 is 0 Å². The highest BCUT2D eigenvalue weighted by atomic mass is 16.2. The zero-order valence-corrected chi connectivity index (χ0v) is 9.52. The Labute approximate surface area is 86.6 Å². The van der Waals surface area contributed by atoms with Crippen LogP contribution in [0.4, 0.5) is 4.79 Å².